The monoisotopic (exact) mass is 364 g/mol. The average molecular weight is 365 g/mol. The fraction of sp³-hybridized carbons (Fsp3) is 0.538. The molecule has 1 aliphatic carbocycles. The molecule has 3 N–H and O–H groups in total. The third kappa shape index (κ3) is 2.99. The van der Waals surface area contributed by atoms with Crippen LogP contribution in [0.3, 0.4) is 0 Å². The van der Waals surface area contributed by atoms with Gasteiger partial charge in [0.25, 0.3) is 0 Å². The van der Waals surface area contributed by atoms with Gasteiger partial charge in [0.2, 0.25) is 10.0 Å². The summed E-state index contributed by atoms with van der Waals surface area (Å²) in [5.74, 6) is -0.219. The Balaban J connectivity index is 2.21. The molecule has 0 saturated heterocycles. The lowest BCUT2D eigenvalue weighted by molar-refractivity contribution is 0.357. The SMILES string of the molecule is CC(C)C1(CNS(=O)(=O)c2cc(N)c(F)cc2Br)CC1. The summed E-state index contributed by atoms with van der Waals surface area (Å²) in [4.78, 5) is -0.0315. The van der Waals surface area contributed by atoms with Gasteiger partial charge >= 0.3 is 0 Å². The molecule has 1 aliphatic rings. The third-order valence-corrected chi connectivity index (χ3v) is 6.43. The van der Waals surface area contributed by atoms with Crippen LogP contribution in [0.4, 0.5) is 10.1 Å². The Morgan fingerprint density at radius 2 is 2.05 bits per heavy atom. The molecule has 0 radical (unpaired) electrons. The van der Waals surface area contributed by atoms with Crippen molar-refractivity contribution in [2.45, 2.75) is 31.6 Å². The van der Waals surface area contributed by atoms with E-state index in [0.29, 0.717) is 12.5 Å². The molecule has 2 rings (SSSR count). The Kier molecular flexibility index (Phi) is 4.15. The second-order valence-corrected chi connectivity index (χ2v) is 8.24. The first kappa shape index (κ1) is 15.7. The Morgan fingerprint density at radius 1 is 1.45 bits per heavy atom. The number of nitrogen functional groups attached to an aromatic ring is 1. The van der Waals surface area contributed by atoms with Gasteiger partial charge in [-0.2, -0.15) is 0 Å². The molecule has 1 saturated carbocycles. The van der Waals surface area contributed by atoms with E-state index in [2.05, 4.69) is 34.5 Å². The van der Waals surface area contributed by atoms with Gasteiger partial charge in [0.15, 0.2) is 0 Å². The molecule has 4 nitrogen and oxygen atoms in total. The number of halogens is 2. The minimum atomic E-state index is -3.70. The Bertz CT molecular complexity index is 628. The fourth-order valence-corrected chi connectivity index (χ4v) is 4.37. The van der Waals surface area contributed by atoms with Crippen molar-refractivity contribution in [3.05, 3.63) is 22.4 Å². The van der Waals surface area contributed by atoms with E-state index >= 15 is 0 Å². The normalized spacial score (nSPS) is 17.4. The van der Waals surface area contributed by atoms with Gasteiger partial charge in [-0.25, -0.2) is 17.5 Å². The summed E-state index contributed by atoms with van der Waals surface area (Å²) in [6, 6.07) is 2.20. The maximum Gasteiger partial charge on any atom is 0.241 e. The van der Waals surface area contributed by atoms with E-state index in [1.165, 1.54) is 0 Å². The van der Waals surface area contributed by atoms with E-state index in [4.69, 9.17) is 5.73 Å². The van der Waals surface area contributed by atoms with Gasteiger partial charge in [-0.3, -0.25) is 0 Å². The molecule has 1 aromatic carbocycles. The van der Waals surface area contributed by atoms with Crippen molar-refractivity contribution in [2.75, 3.05) is 12.3 Å². The maximum atomic E-state index is 13.3. The predicted octanol–water partition coefficient (Wildman–Crippen LogP) is 2.88. The zero-order chi connectivity index (χ0) is 15.1. The molecule has 1 aromatic rings. The summed E-state index contributed by atoms with van der Waals surface area (Å²) in [7, 11) is -3.70. The molecule has 20 heavy (non-hydrogen) atoms. The minimum Gasteiger partial charge on any atom is -0.396 e. The van der Waals surface area contributed by atoms with Gasteiger partial charge in [-0.05, 0) is 52.2 Å². The second-order valence-electron chi connectivity index (χ2n) is 5.65. The number of hydrogen-bond acceptors (Lipinski definition) is 3. The molecule has 0 aliphatic heterocycles. The summed E-state index contributed by atoms with van der Waals surface area (Å²) in [5.41, 5.74) is 5.32. The van der Waals surface area contributed by atoms with E-state index in [9.17, 15) is 12.8 Å². The van der Waals surface area contributed by atoms with Crippen molar-refractivity contribution < 1.29 is 12.8 Å². The van der Waals surface area contributed by atoms with Gasteiger partial charge in [0, 0.05) is 11.0 Å². The van der Waals surface area contributed by atoms with E-state index in [-0.39, 0.29) is 20.5 Å². The van der Waals surface area contributed by atoms with Crippen molar-refractivity contribution in [3.8, 4) is 0 Å². The highest BCUT2D eigenvalue weighted by Gasteiger charge is 2.45. The number of rotatable bonds is 5. The van der Waals surface area contributed by atoms with Crippen LogP contribution in [-0.4, -0.2) is 15.0 Å². The van der Waals surface area contributed by atoms with Crippen molar-refractivity contribution in [3.63, 3.8) is 0 Å². The molecule has 0 amide bonds. The van der Waals surface area contributed by atoms with E-state index in [1.807, 2.05) is 0 Å². The quantitative estimate of drug-likeness (QED) is 0.789. The van der Waals surface area contributed by atoms with Gasteiger partial charge in [-0.1, -0.05) is 13.8 Å². The highest BCUT2D eigenvalue weighted by molar-refractivity contribution is 9.10. The van der Waals surface area contributed by atoms with Crippen molar-refractivity contribution in [1.82, 2.24) is 4.72 Å². The molecule has 0 bridgehead atoms. The highest BCUT2D eigenvalue weighted by Crippen LogP contribution is 2.51. The van der Waals surface area contributed by atoms with Crippen LogP contribution in [0.1, 0.15) is 26.7 Å². The van der Waals surface area contributed by atoms with Crippen LogP contribution in [-0.2, 0) is 10.0 Å². The number of benzene rings is 1. The number of hydrogen-bond donors (Lipinski definition) is 2. The smallest absolute Gasteiger partial charge is 0.241 e. The zero-order valence-corrected chi connectivity index (χ0v) is 13.8. The fourth-order valence-electron chi connectivity index (χ4n) is 2.19. The summed E-state index contributed by atoms with van der Waals surface area (Å²) in [5, 5.41) is 0. The first-order valence-corrected chi connectivity index (χ1v) is 8.70. The first-order valence-electron chi connectivity index (χ1n) is 6.42. The lowest BCUT2D eigenvalue weighted by Crippen LogP contribution is -2.32. The molecule has 1 fully saturated rings. The maximum absolute atomic E-state index is 13.3. The molecule has 7 heteroatoms. The largest absolute Gasteiger partial charge is 0.396 e. The van der Waals surface area contributed by atoms with Crippen LogP contribution < -0.4 is 10.5 Å². The summed E-state index contributed by atoms with van der Waals surface area (Å²) < 4.78 is 40.6. The molecule has 0 spiro atoms. The molecule has 0 aromatic heterocycles. The molecule has 0 heterocycles. The first-order chi connectivity index (χ1) is 9.18. The predicted molar refractivity (Wildman–Crippen MR) is 80.2 cm³/mol. The summed E-state index contributed by atoms with van der Waals surface area (Å²) in [6.45, 7) is 4.58. The Labute approximate surface area is 127 Å². The number of nitrogens with one attached hydrogen (secondary N) is 1. The van der Waals surface area contributed by atoms with E-state index in [1.54, 1.807) is 0 Å². The Morgan fingerprint density at radius 3 is 2.55 bits per heavy atom. The number of anilines is 1. The molecule has 0 unspecified atom stereocenters. The van der Waals surface area contributed by atoms with Crippen LogP contribution in [0.5, 0.6) is 0 Å². The van der Waals surface area contributed by atoms with Gasteiger partial charge < -0.3 is 5.73 Å². The molecule has 112 valence electrons. The van der Waals surface area contributed by atoms with Crippen LogP contribution in [0.2, 0.25) is 0 Å². The zero-order valence-electron chi connectivity index (χ0n) is 11.4. The van der Waals surface area contributed by atoms with Crippen molar-refractivity contribution in [2.24, 2.45) is 11.3 Å². The van der Waals surface area contributed by atoms with Crippen LogP contribution in [0.15, 0.2) is 21.5 Å². The lowest BCUT2D eigenvalue weighted by Gasteiger charge is -2.20. The van der Waals surface area contributed by atoms with E-state index in [0.717, 1.165) is 25.0 Å². The van der Waals surface area contributed by atoms with E-state index < -0.39 is 15.8 Å². The molecule has 0 atom stereocenters. The average Bonchev–Trinajstić information content (AvgIpc) is 3.12. The van der Waals surface area contributed by atoms with Crippen molar-refractivity contribution in [1.29, 1.82) is 0 Å². The number of sulfonamides is 1. The summed E-state index contributed by atoms with van der Waals surface area (Å²) in [6.07, 6.45) is 2.06. The Hall–Kier alpha value is -0.660. The topological polar surface area (TPSA) is 72.2 Å². The van der Waals surface area contributed by atoms with Gasteiger partial charge in [0.1, 0.15) is 5.82 Å². The van der Waals surface area contributed by atoms with Gasteiger partial charge in [0.05, 0.1) is 10.6 Å². The molecular formula is C13H18BrFN2O2S. The van der Waals surface area contributed by atoms with Crippen LogP contribution in [0.25, 0.3) is 0 Å². The van der Waals surface area contributed by atoms with Crippen LogP contribution in [0, 0.1) is 17.2 Å². The van der Waals surface area contributed by atoms with Gasteiger partial charge in [-0.15, -0.1) is 0 Å². The van der Waals surface area contributed by atoms with Crippen LogP contribution >= 0.6 is 15.9 Å². The molecular weight excluding hydrogens is 347 g/mol. The minimum absolute atomic E-state index is 0.0315. The standard InChI is InChI=1S/C13H18BrFN2O2S/c1-8(2)13(3-4-13)7-17-20(18,19)12-6-11(16)10(15)5-9(12)14/h5-6,8,17H,3-4,7,16H2,1-2H3. The lowest BCUT2D eigenvalue weighted by atomic mass is 9.93. The summed E-state index contributed by atoms with van der Waals surface area (Å²) >= 11 is 3.07. The third-order valence-electron chi connectivity index (χ3n) is 4.07. The second kappa shape index (κ2) is 5.27. The highest BCUT2D eigenvalue weighted by atomic mass is 79.9. The number of nitrogens with two attached hydrogens (primary N) is 1. The van der Waals surface area contributed by atoms with Crippen molar-refractivity contribution >= 4 is 31.6 Å².